The quantitative estimate of drug-likeness (QED) is 0.171. The van der Waals surface area contributed by atoms with Crippen molar-refractivity contribution in [2.24, 2.45) is 0 Å². The fourth-order valence-corrected chi connectivity index (χ4v) is 8.04. The molecular formula is C51H31N3O2. The van der Waals surface area contributed by atoms with Crippen molar-refractivity contribution >= 4 is 43.9 Å². The van der Waals surface area contributed by atoms with Crippen molar-refractivity contribution in [3.05, 3.63) is 188 Å². The standard InChI is InChI=1S/C51H31N3O2/c1-2-13-32(14-3-1)43-30-44(54-51(53-43)40-17-5-4-16-37(40)33-15-12-26-52-31-33)36-28-34(38-20-10-24-47-49(38)41-18-6-8-22-45(41)55-47)27-35(29-36)39-21-11-25-48-50(39)42-19-7-9-23-46(42)56-48/h1-31H. The van der Waals surface area contributed by atoms with E-state index in [1.807, 2.05) is 79.0 Å². The van der Waals surface area contributed by atoms with Gasteiger partial charge in [0.15, 0.2) is 5.82 Å². The van der Waals surface area contributed by atoms with Crippen LogP contribution >= 0.6 is 0 Å². The number of hydrogen-bond donors (Lipinski definition) is 0. The summed E-state index contributed by atoms with van der Waals surface area (Å²) in [7, 11) is 0. The number of aromatic nitrogens is 3. The van der Waals surface area contributed by atoms with E-state index in [-0.39, 0.29) is 0 Å². The Kier molecular flexibility index (Phi) is 7.42. The van der Waals surface area contributed by atoms with Gasteiger partial charge in [0.2, 0.25) is 0 Å². The Bertz CT molecular complexity index is 3120. The summed E-state index contributed by atoms with van der Waals surface area (Å²) in [4.78, 5) is 15.0. The highest BCUT2D eigenvalue weighted by Crippen LogP contribution is 2.43. The van der Waals surface area contributed by atoms with Crippen molar-refractivity contribution in [3.8, 4) is 67.3 Å². The molecule has 0 unspecified atom stereocenters. The summed E-state index contributed by atoms with van der Waals surface area (Å²) in [5.41, 5.74) is 14.3. The van der Waals surface area contributed by atoms with Gasteiger partial charge in [-0.2, -0.15) is 0 Å². The van der Waals surface area contributed by atoms with E-state index in [0.717, 1.165) is 105 Å². The summed E-state index contributed by atoms with van der Waals surface area (Å²) in [6.07, 6.45) is 3.68. The van der Waals surface area contributed by atoms with Crippen molar-refractivity contribution in [1.29, 1.82) is 0 Å². The van der Waals surface area contributed by atoms with Crippen LogP contribution in [-0.4, -0.2) is 15.0 Å². The lowest BCUT2D eigenvalue weighted by Crippen LogP contribution is -1.98. The first-order valence-corrected chi connectivity index (χ1v) is 18.7. The lowest BCUT2D eigenvalue weighted by Gasteiger charge is -2.15. The van der Waals surface area contributed by atoms with E-state index in [0.29, 0.717) is 5.82 Å². The number of nitrogens with zero attached hydrogens (tertiary/aromatic N) is 3. The van der Waals surface area contributed by atoms with Crippen LogP contribution in [0.5, 0.6) is 0 Å². The molecule has 0 atom stereocenters. The molecule has 0 spiro atoms. The molecule has 7 aromatic carbocycles. The molecule has 4 heterocycles. The van der Waals surface area contributed by atoms with Gasteiger partial charge >= 0.3 is 0 Å². The van der Waals surface area contributed by atoms with Gasteiger partial charge in [0, 0.05) is 56.2 Å². The smallest absolute Gasteiger partial charge is 0.161 e. The molecule has 0 bridgehead atoms. The van der Waals surface area contributed by atoms with E-state index in [2.05, 4.69) is 108 Å². The molecule has 11 aromatic rings. The molecule has 0 N–H and O–H groups in total. The summed E-state index contributed by atoms with van der Waals surface area (Å²) in [5.74, 6) is 0.638. The third-order valence-corrected chi connectivity index (χ3v) is 10.6. The number of rotatable bonds is 6. The summed E-state index contributed by atoms with van der Waals surface area (Å²) < 4.78 is 12.8. The van der Waals surface area contributed by atoms with E-state index in [4.69, 9.17) is 18.8 Å². The topological polar surface area (TPSA) is 65.0 Å². The maximum Gasteiger partial charge on any atom is 0.161 e. The average Bonchev–Trinajstić information content (AvgIpc) is 3.85. The van der Waals surface area contributed by atoms with E-state index in [9.17, 15) is 0 Å². The van der Waals surface area contributed by atoms with Crippen LogP contribution in [0.25, 0.3) is 111 Å². The van der Waals surface area contributed by atoms with Gasteiger partial charge in [-0.15, -0.1) is 0 Å². The minimum absolute atomic E-state index is 0.638. The molecule has 262 valence electrons. The number of benzene rings is 7. The Labute approximate surface area is 322 Å². The fraction of sp³-hybridized carbons (Fsp3) is 0. The zero-order valence-corrected chi connectivity index (χ0v) is 30.1. The van der Waals surface area contributed by atoms with E-state index < -0.39 is 0 Å². The number of hydrogen-bond acceptors (Lipinski definition) is 5. The lowest BCUT2D eigenvalue weighted by molar-refractivity contribution is 0.668. The van der Waals surface area contributed by atoms with Crippen molar-refractivity contribution in [2.75, 3.05) is 0 Å². The van der Waals surface area contributed by atoms with E-state index in [1.54, 1.807) is 6.20 Å². The SMILES string of the molecule is c1ccc(-c2cc(-c3cc(-c4cccc5oc6ccccc6c45)cc(-c4cccc5oc6ccccc6c45)c3)nc(-c3ccccc3-c3cccnc3)n2)cc1. The Morgan fingerprint density at radius 3 is 1.46 bits per heavy atom. The molecule has 4 aromatic heterocycles. The summed E-state index contributed by atoms with van der Waals surface area (Å²) >= 11 is 0. The van der Waals surface area contributed by atoms with Gasteiger partial charge < -0.3 is 8.83 Å². The normalized spacial score (nSPS) is 11.6. The number of para-hydroxylation sites is 2. The van der Waals surface area contributed by atoms with E-state index in [1.165, 1.54) is 0 Å². The van der Waals surface area contributed by atoms with Crippen LogP contribution < -0.4 is 0 Å². The molecular weight excluding hydrogens is 687 g/mol. The Morgan fingerprint density at radius 1 is 0.339 bits per heavy atom. The molecule has 0 saturated heterocycles. The molecule has 0 aliphatic heterocycles. The highest BCUT2D eigenvalue weighted by molar-refractivity contribution is 6.15. The summed E-state index contributed by atoms with van der Waals surface area (Å²) in [6.45, 7) is 0. The Morgan fingerprint density at radius 2 is 0.839 bits per heavy atom. The van der Waals surface area contributed by atoms with Crippen LogP contribution in [0.3, 0.4) is 0 Å². The summed E-state index contributed by atoms with van der Waals surface area (Å²) in [6, 6.07) is 60.6. The maximum absolute atomic E-state index is 6.38. The first-order chi connectivity index (χ1) is 27.7. The molecule has 0 amide bonds. The van der Waals surface area contributed by atoms with Gasteiger partial charge in [-0.1, -0.05) is 121 Å². The third-order valence-electron chi connectivity index (χ3n) is 10.6. The lowest BCUT2D eigenvalue weighted by atomic mass is 9.91. The maximum atomic E-state index is 6.38. The molecule has 5 nitrogen and oxygen atoms in total. The first-order valence-electron chi connectivity index (χ1n) is 18.7. The molecule has 0 saturated carbocycles. The minimum atomic E-state index is 0.638. The van der Waals surface area contributed by atoms with Crippen molar-refractivity contribution in [2.45, 2.75) is 0 Å². The second-order valence-electron chi connectivity index (χ2n) is 14.0. The molecule has 0 fully saturated rings. The first kappa shape index (κ1) is 31.9. The fourth-order valence-electron chi connectivity index (χ4n) is 8.04. The predicted molar refractivity (Wildman–Crippen MR) is 227 cm³/mol. The highest BCUT2D eigenvalue weighted by Gasteiger charge is 2.20. The summed E-state index contributed by atoms with van der Waals surface area (Å²) in [5, 5.41) is 4.32. The van der Waals surface area contributed by atoms with Crippen LogP contribution in [0.15, 0.2) is 197 Å². The number of furan rings is 2. The monoisotopic (exact) mass is 717 g/mol. The van der Waals surface area contributed by atoms with Gasteiger partial charge in [-0.3, -0.25) is 4.98 Å². The zero-order chi connectivity index (χ0) is 37.0. The van der Waals surface area contributed by atoms with Crippen LogP contribution in [0.2, 0.25) is 0 Å². The second-order valence-corrected chi connectivity index (χ2v) is 14.0. The van der Waals surface area contributed by atoms with E-state index >= 15 is 0 Å². The van der Waals surface area contributed by atoms with Gasteiger partial charge in [0.25, 0.3) is 0 Å². The van der Waals surface area contributed by atoms with Crippen molar-refractivity contribution in [3.63, 3.8) is 0 Å². The van der Waals surface area contributed by atoms with Crippen LogP contribution in [0.4, 0.5) is 0 Å². The third kappa shape index (κ3) is 5.37. The molecule has 5 heteroatoms. The van der Waals surface area contributed by atoms with Gasteiger partial charge in [-0.25, -0.2) is 9.97 Å². The van der Waals surface area contributed by atoms with Gasteiger partial charge in [-0.05, 0) is 82.4 Å². The van der Waals surface area contributed by atoms with Crippen molar-refractivity contribution < 1.29 is 8.83 Å². The van der Waals surface area contributed by atoms with Crippen LogP contribution in [-0.2, 0) is 0 Å². The molecule has 0 aliphatic rings. The van der Waals surface area contributed by atoms with Gasteiger partial charge in [0.1, 0.15) is 22.3 Å². The Hall–Kier alpha value is -7.63. The Balaban J connectivity index is 1.21. The minimum Gasteiger partial charge on any atom is -0.456 e. The number of fused-ring (bicyclic) bond motifs is 6. The zero-order valence-electron chi connectivity index (χ0n) is 30.1. The van der Waals surface area contributed by atoms with Crippen molar-refractivity contribution in [1.82, 2.24) is 15.0 Å². The molecule has 11 rings (SSSR count). The van der Waals surface area contributed by atoms with Crippen LogP contribution in [0, 0.1) is 0 Å². The number of pyridine rings is 1. The van der Waals surface area contributed by atoms with Crippen LogP contribution in [0.1, 0.15) is 0 Å². The highest BCUT2D eigenvalue weighted by atomic mass is 16.3. The predicted octanol–water partition coefficient (Wildman–Crippen LogP) is 13.7. The second kappa shape index (κ2) is 13.0. The molecule has 0 radical (unpaired) electrons. The largest absolute Gasteiger partial charge is 0.456 e. The molecule has 56 heavy (non-hydrogen) atoms. The molecule has 0 aliphatic carbocycles. The van der Waals surface area contributed by atoms with Gasteiger partial charge in [0.05, 0.1) is 11.4 Å². The average molecular weight is 718 g/mol.